The van der Waals surface area contributed by atoms with Crippen LogP contribution in [0.4, 0.5) is 0 Å². The number of hydrogen-bond donors (Lipinski definition) is 2. The molecule has 138 valence electrons. The van der Waals surface area contributed by atoms with E-state index in [1.165, 1.54) is 10.8 Å². The Kier molecular flexibility index (Phi) is 5.16. The predicted molar refractivity (Wildman–Crippen MR) is 88.4 cm³/mol. The molecule has 0 bridgehead atoms. The summed E-state index contributed by atoms with van der Waals surface area (Å²) in [6.07, 6.45) is 2.74. The van der Waals surface area contributed by atoms with Crippen molar-refractivity contribution in [2.75, 3.05) is 13.2 Å². The van der Waals surface area contributed by atoms with E-state index in [1.54, 1.807) is 17.8 Å². The monoisotopic (exact) mass is 362 g/mol. The lowest BCUT2D eigenvalue weighted by Crippen LogP contribution is -2.33. The minimum atomic E-state index is -0.643. The Morgan fingerprint density at radius 1 is 1.50 bits per heavy atom. The maximum Gasteiger partial charge on any atom is 0.330 e. The highest BCUT2D eigenvalue weighted by Gasteiger charge is 2.38. The zero-order valence-corrected chi connectivity index (χ0v) is 14.0. The molecule has 12 nitrogen and oxygen atoms in total. The summed E-state index contributed by atoms with van der Waals surface area (Å²) >= 11 is 0. The van der Waals surface area contributed by atoms with Gasteiger partial charge in [0.1, 0.15) is 12.3 Å². The molecule has 26 heavy (non-hydrogen) atoms. The van der Waals surface area contributed by atoms with Gasteiger partial charge in [0.2, 0.25) is 0 Å². The van der Waals surface area contributed by atoms with E-state index < -0.39 is 23.6 Å². The fraction of sp³-hybridized carbons (Fsp3) is 0.571. The molecule has 3 heterocycles. The van der Waals surface area contributed by atoms with Crippen LogP contribution in [0.5, 0.6) is 0 Å². The van der Waals surface area contributed by atoms with Crippen molar-refractivity contribution in [1.82, 2.24) is 24.5 Å². The van der Waals surface area contributed by atoms with Gasteiger partial charge >= 0.3 is 5.69 Å². The summed E-state index contributed by atoms with van der Waals surface area (Å²) in [6, 6.07) is -0.329. The minimum absolute atomic E-state index is 0.258. The minimum Gasteiger partial charge on any atom is -0.394 e. The number of aryl methyl sites for hydroxylation is 1. The molecule has 2 aromatic rings. The zero-order chi connectivity index (χ0) is 18.7. The number of aromatic amines is 1. The van der Waals surface area contributed by atoms with Gasteiger partial charge < -0.3 is 9.84 Å². The highest BCUT2D eigenvalue weighted by molar-refractivity contribution is 5.02. The number of H-pyrrole nitrogens is 1. The Labute approximate surface area is 146 Å². The van der Waals surface area contributed by atoms with E-state index in [9.17, 15) is 14.7 Å². The SMILES string of the molecule is Cc1cn([C@H]2C[C@H](n3cc(CCN=[N+]=[N-])nn3)[C@@H](CO)O2)c(=O)[nH]c1=O. The van der Waals surface area contributed by atoms with E-state index in [2.05, 4.69) is 25.3 Å². The van der Waals surface area contributed by atoms with Gasteiger partial charge in [0.15, 0.2) is 0 Å². The Balaban J connectivity index is 1.81. The topological polar surface area (TPSA) is 164 Å². The van der Waals surface area contributed by atoms with Gasteiger partial charge in [0.25, 0.3) is 5.56 Å². The van der Waals surface area contributed by atoms with E-state index in [4.69, 9.17) is 10.3 Å². The van der Waals surface area contributed by atoms with Gasteiger partial charge in [-0.05, 0) is 18.9 Å². The third-order valence-corrected chi connectivity index (χ3v) is 4.27. The summed E-state index contributed by atoms with van der Waals surface area (Å²) in [7, 11) is 0. The second kappa shape index (κ2) is 7.52. The summed E-state index contributed by atoms with van der Waals surface area (Å²) in [5, 5.41) is 21.1. The largest absolute Gasteiger partial charge is 0.394 e. The molecule has 3 atom stereocenters. The summed E-state index contributed by atoms with van der Waals surface area (Å²) < 4.78 is 8.67. The van der Waals surface area contributed by atoms with Gasteiger partial charge in [-0.15, -0.1) is 5.10 Å². The van der Waals surface area contributed by atoms with Crippen molar-refractivity contribution < 1.29 is 9.84 Å². The van der Waals surface area contributed by atoms with Crippen molar-refractivity contribution in [3.05, 3.63) is 54.9 Å². The first-order valence-corrected chi connectivity index (χ1v) is 8.03. The average molecular weight is 362 g/mol. The van der Waals surface area contributed by atoms with Gasteiger partial charge in [-0.3, -0.25) is 14.3 Å². The molecule has 0 spiro atoms. The average Bonchev–Trinajstić information content (AvgIpc) is 3.24. The molecule has 0 aromatic carbocycles. The van der Waals surface area contributed by atoms with Crippen LogP contribution in [0, 0.1) is 6.92 Å². The third kappa shape index (κ3) is 3.52. The van der Waals surface area contributed by atoms with Gasteiger partial charge in [-0.1, -0.05) is 10.3 Å². The molecule has 0 aliphatic carbocycles. The number of nitrogens with one attached hydrogen (secondary N) is 1. The van der Waals surface area contributed by atoms with Crippen molar-refractivity contribution in [2.45, 2.75) is 38.1 Å². The van der Waals surface area contributed by atoms with Gasteiger partial charge in [0, 0.05) is 35.8 Å². The van der Waals surface area contributed by atoms with Gasteiger partial charge in [0.05, 0.1) is 18.3 Å². The zero-order valence-electron chi connectivity index (χ0n) is 14.0. The molecule has 1 aliphatic rings. The van der Waals surface area contributed by atoms with Crippen molar-refractivity contribution in [3.8, 4) is 0 Å². The van der Waals surface area contributed by atoms with Gasteiger partial charge in [-0.25, -0.2) is 9.48 Å². The van der Waals surface area contributed by atoms with Crippen LogP contribution >= 0.6 is 0 Å². The molecule has 1 aliphatic heterocycles. The molecule has 2 aromatic heterocycles. The number of aliphatic hydroxyl groups is 1. The van der Waals surface area contributed by atoms with Crippen molar-refractivity contribution in [2.24, 2.45) is 5.11 Å². The van der Waals surface area contributed by atoms with Crippen LogP contribution in [0.15, 0.2) is 27.1 Å². The van der Waals surface area contributed by atoms with Crippen LogP contribution in [0.25, 0.3) is 10.4 Å². The first kappa shape index (κ1) is 17.9. The van der Waals surface area contributed by atoms with E-state index in [0.29, 0.717) is 24.1 Å². The fourth-order valence-corrected chi connectivity index (χ4v) is 2.93. The smallest absolute Gasteiger partial charge is 0.330 e. The maximum absolute atomic E-state index is 12.1. The standard InChI is InChI=1S/C14H18N8O4/c1-8-5-21(14(25)17-13(8)24)12-4-10(11(7-23)26-12)22-6-9(18-20-22)2-3-16-19-15/h5-6,10-12,23H,2-4,7H2,1H3,(H,17,24,25)/t10-,11+,12+/m0/s1. The summed E-state index contributed by atoms with van der Waals surface area (Å²) in [5.74, 6) is 0. The number of aliphatic hydroxyl groups excluding tert-OH is 1. The Morgan fingerprint density at radius 2 is 2.31 bits per heavy atom. The molecule has 0 amide bonds. The second-order valence-electron chi connectivity index (χ2n) is 5.99. The lowest BCUT2D eigenvalue weighted by molar-refractivity contribution is -0.0323. The first-order valence-electron chi connectivity index (χ1n) is 8.03. The number of hydrogen-bond acceptors (Lipinski definition) is 7. The van der Waals surface area contributed by atoms with Crippen molar-refractivity contribution >= 4 is 0 Å². The van der Waals surface area contributed by atoms with Crippen LogP contribution in [-0.4, -0.2) is 48.9 Å². The molecule has 1 saturated heterocycles. The summed E-state index contributed by atoms with van der Waals surface area (Å²) in [5.41, 5.74) is 8.33. The lowest BCUT2D eigenvalue weighted by Gasteiger charge is -2.15. The van der Waals surface area contributed by atoms with E-state index in [0.717, 1.165) is 0 Å². The Morgan fingerprint density at radius 3 is 3.04 bits per heavy atom. The van der Waals surface area contributed by atoms with Crippen LogP contribution in [0.3, 0.4) is 0 Å². The quantitative estimate of drug-likeness (QED) is 0.411. The number of rotatable bonds is 6. The molecule has 0 radical (unpaired) electrons. The maximum atomic E-state index is 12.1. The van der Waals surface area contributed by atoms with Gasteiger partial charge in [-0.2, -0.15) is 0 Å². The number of nitrogens with zero attached hydrogens (tertiary/aromatic N) is 7. The van der Waals surface area contributed by atoms with Crippen LogP contribution in [0.2, 0.25) is 0 Å². The van der Waals surface area contributed by atoms with Crippen molar-refractivity contribution in [1.29, 1.82) is 0 Å². The molecule has 0 saturated carbocycles. The number of azide groups is 1. The summed E-state index contributed by atoms with van der Waals surface area (Å²) in [6.45, 7) is 1.61. The molecule has 0 unspecified atom stereocenters. The number of ether oxygens (including phenoxy) is 1. The van der Waals surface area contributed by atoms with E-state index in [-0.39, 0.29) is 19.2 Å². The molecule has 3 rings (SSSR count). The normalized spacial score (nSPS) is 22.3. The Bertz CT molecular complexity index is 941. The molecular formula is C14H18N8O4. The molecule has 2 N–H and O–H groups in total. The second-order valence-corrected chi connectivity index (χ2v) is 5.99. The van der Waals surface area contributed by atoms with Crippen molar-refractivity contribution in [3.63, 3.8) is 0 Å². The summed E-state index contributed by atoms with van der Waals surface area (Å²) in [4.78, 5) is 28.5. The van der Waals surface area contributed by atoms with Crippen LogP contribution in [-0.2, 0) is 11.2 Å². The first-order chi connectivity index (χ1) is 12.5. The van der Waals surface area contributed by atoms with E-state index >= 15 is 0 Å². The van der Waals surface area contributed by atoms with Crippen LogP contribution < -0.4 is 11.2 Å². The predicted octanol–water partition coefficient (Wildman–Crippen LogP) is -0.190. The molecule has 12 heteroatoms. The fourth-order valence-electron chi connectivity index (χ4n) is 2.93. The molecule has 1 fully saturated rings. The number of aromatic nitrogens is 5. The Hall–Kier alpha value is -2.95. The van der Waals surface area contributed by atoms with Crippen LogP contribution in [0.1, 0.15) is 29.9 Å². The third-order valence-electron chi connectivity index (χ3n) is 4.27. The van der Waals surface area contributed by atoms with E-state index in [1.807, 2.05) is 0 Å². The molecular weight excluding hydrogens is 344 g/mol. The highest BCUT2D eigenvalue weighted by atomic mass is 16.5. The highest BCUT2D eigenvalue weighted by Crippen LogP contribution is 2.35. The lowest BCUT2D eigenvalue weighted by atomic mass is 10.1.